The van der Waals surface area contributed by atoms with Crippen molar-refractivity contribution in [3.63, 3.8) is 0 Å². The summed E-state index contributed by atoms with van der Waals surface area (Å²) >= 11 is 0. The first kappa shape index (κ1) is 17.7. The van der Waals surface area contributed by atoms with E-state index in [4.69, 9.17) is 5.73 Å². The van der Waals surface area contributed by atoms with Gasteiger partial charge in [-0.1, -0.05) is 42.5 Å². The molecule has 1 aromatic rings. The van der Waals surface area contributed by atoms with E-state index in [1.54, 1.807) is 6.92 Å². The van der Waals surface area contributed by atoms with E-state index in [2.05, 4.69) is 24.3 Å². The fourth-order valence-corrected chi connectivity index (χ4v) is 3.85. The van der Waals surface area contributed by atoms with Crippen molar-refractivity contribution in [1.82, 2.24) is 9.80 Å². The van der Waals surface area contributed by atoms with Gasteiger partial charge < -0.3 is 15.5 Å². The molecule has 3 rings (SSSR count). The highest BCUT2D eigenvalue weighted by molar-refractivity contribution is 5.82. The van der Waals surface area contributed by atoms with Gasteiger partial charge in [0, 0.05) is 38.0 Å². The lowest BCUT2D eigenvalue weighted by atomic mass is 9.77. The van der Waals surface area contributed by atoms with Crippen LogP contribution in [0.1, 0.15) is 31.7 Å². The molecule has 2 aliphatic heterocycles. The van der Waals surface area contributed by atoms with Crippen molar-refractivity contribution in [2.75, 3.05) is 26.2 Å². The predicted octanol–water partition coefficient (Wildman–Crippen LogP) is 1.89. The molecule has 1 aromatic carbocycles. The first-order chi connectivity index (χ1) is 12.0. The lowest BCUT2D eigenvalue weighted by Gasteiger charge is -2.39. The van der Waals surface area contributed by atoms with Crippen LogP contribution < -0.4 is 5.73 Å². The van der Waals surface area contributed by atoms with Crippen LogP contribution in [0.25, 0.3) is 6.08 Å². The van der Waals surface area contributed by atoms with Gasteiger partial charge in [-0.05, 0) is 25.3 Å². The number of amides is 2. The van der Waals surface area contributed by atoms with Gasteiger partial charge in [0.1, 0.15) is 0 Å². The van der Waals surface area contributed by atoms with Crippen molar-refractivity contribution in [1.29, 1.82) is 0 Å². The molecule has 1 atom stereocenters. The first-order valence-electron chi connectivity index (χ1n) is 9.03. The zero-order valence-corrected chi connectivity index (χ0v) is 14.9. The van der Waals surface area contributed by atoms with Crippen molar-refractivity contribution in [3.8, 4) is 0 Å². The fourth-order valence-electron chi connectivity index (χ4n) is 3.85. The molecule has 2 saturated heterocycles. The number of benzene rings is 1. The SMILES string of the molecule is C[C@@H](N)C(=O)N1CCC2(CC1)CC(=O)N(C/C=C/c1ccccc1)C2. The standard InChI is InChI=1S/C20H27N3O2/c1-16(21)19(25)22-12-9-20(10-13-22)14-18(24)23(15-20)11-5-8-17-6-3-2-4-7-17/h2-8,16H,9-15,21H2,1H3/b8-5+/t16-/m1/s1. The average Bonchev–Trinajstić information content (AvgIpc) is 2.91. The van der Waals surface area contributed by atoms with Crippen molar-refractivity contribution < 1.29 is 9.59 Å². The van der Waals surface area contributed by atoms with Crippen LogP contribution in [0.15, 0.2) is 36.4 Å². The van der Waals surface area contributed by atoms with Gasteiger partial charge >= 0.3 is 0 Å². The van der Waals surface area contributed by atoms with E-state index in [0.29, 0.717) is 26.1 Å². The summed E-state index contributed by atoms with van der Waals surface area (Å²) in [5.41, 5.74) is 6.88. The number of rotatable bonds is 4. The van der Waals surface area contributed by atoms with Gasteiger partial charge in [-0.2, -0.15) is 0 Å². The van der Waals surface area contributed by atoms with E-state index in [1.807, 2.05) is 28.0 Å². The lowest BCUT2D eigenvalue weighted by Crippen LogP contribution is -2.49. The number of carbonyl (C=O) groups excluding carboxylic acids is 2. The van der Waals surface area contributed by atoms with Crippen LogP contribution in [0.4, 0.5) is 0 Å². The Kier molecular flexibility index (Phi) is 5.23. The topological polar surface area (TPSA) is 66.6 Å². The van der Waals surface area contributed by atoms with E-state index in [1.165, 1.54) is 0 Å². The van der Waals surface area contributed by atoms with E-state index in [9.17, 15) is 9.59 Å². The molecule has 0 saturated carbocycles. The predicted molar refractivity (Wildman–Crippen MR) is 98.6 cm³/mol. The highest BCUT2D eigenvalue weighted by Crippen LogP contribution is 2.41. The Labute approximate surface area is 149 Å². The molecule has 0 unspecified atom stereocenters. The number of hydrogen-bond donors (Lipinski definition) is 1. The fraction of sp³-hybridized carbons (Fsp3) is 0.500. The molecule has 2 aliphatic rings. The van der Waals surface area contributed by atoms with E-state index >= 15 is 0 Å². The summed E-state index contributed by atoms with van der Waals surface area (Å²) in [5, 5.41) is 0. The van der Waals surface area contributed by atoms with Crippen LogP contribution in [0.3, 0.4) is 0 Å². The molecule has 2 fully saturated rings. The molecule has 134 valence electrons. The third-order valence-electron chi connectivity index (χ3n) is 5.37. The minimum Gasteiger partial charge on any atom is -0.341 e. The quantitative estimate of drug-likeness (QED) is 0.909. The Bertz CT molecular complexity index is 646. The van der Waals surface area contributed by atoms with Crippen LogP contribution >= 0.6 is 0 Å². The van der Waals surface area contributed by atoms with E-state index in [-0.39, 0.29) is 17.2 Å². The monoisotopic (exact) mass is 341 g/mol. The van der Waals surface area contributed by atoms with Crippen molar-refractivity contribution in [3.05, 3.63) is 42.0 Å². The van der Waals surface area contributed by atoms with Gasteiger partial charge in [-0.3, -0.25) is 9.59 Å². The number of carbonyl (C=O) groups is 2. The second-order valence-electron chi connectivity index (χ2n) is 7.38. The Morgan fingerprint density at radius 1 is 1.28 bits per heavy atom. The van der Waals surface area contributed by atoms with Gasteiger partial charge in [0.2, 0.25) is 11.8 Å². The molecule has 5 nitrogen and oxygen atoms in total. The van der Waals surface area contributed by atoms with Gasteiger partial charge in [-0.15, -0.1) is 0 Å². The Balaban J connectivity index is 1.54. The summed E-state index contributed by atoms with van der Waals surface area (Å²) in [7, 11) is 0. The van der Waals surface area contributed by atoms with Crippen LogP contribution in [0, 0.1) is 5.41 Å². The van der Waals surface area contributed by atoms with Crippen molar-refractivity contribution in [2.24, 2.45) is 11.1 Å². The summed E-state index contributed by atoms with van der Waals surface area (Å²) < 4.78 is 0. The maximum atomic E-state index is 12.4. The summed E-state index contributed by atoms with van der Waals surface area (Å²) in [5.74, 6) is 0.242. The second-order valence-corrected chi connectivity index (χ2v) is 7.38. The number of likely N-dealkylation sites (tertiary alicyclic amines) is 2. The maximum absolute atomic E-state index is 12.4. The number of hydrogen-bond acceptors (Lipinski definition) is 3. The summed E-state index contributed by atoms with van der Waals surface area (Å²) in [6.45, 7) is 4.60. The van der Waals surface area contributed by atoms with Gasteiger partial charge in [0.15, 0.2) is 0 Å². The van der Waals surface area contributed by atoms with Crippen LogP contribution in [0.5, 0.6) is 0 Å². The molecule has 2 amide bonds. The van der Waals surface area contributed by atoms with E-state index < -0.39 is 6.04 Å². The zero-order chi connectivity index (χ0) is 17.9. The highest BCUT2D eigenvalue weighted by atomic mass is 16.2. The lowest BCUT2D eigenvalue weighted by molar-refractivity contribution is -0.134. The molecule has 1 spiro atoms. The Hall–Kier alpha value is -2.14. The Morgan fingerprint density at radius 3 is 2.60 bits per heavy atom. The smallest absolute Gasteiger partial charge is 0.239 e. The molecule has 0 aliphatic carbocycles. The zero-order valence-electron chi connectivity index (χ0n) is 14.9. The van der Waals surface area contributed by atoms with Crippen LogP contribution in [-0.2, 0) is 9.59 Å². The molecule has 5 heteroatoms. The first-order valence-corrected chi connectivity index (χ1v) is 9.03. The highest BCUT2D eigenvalue weighted by Gasteiger charge is 2.45. The molecule has 2 N–H and O–H groups in total. The Morgan fingerprint density at radius 2 is 1.96 bits per heavy atom. The van der Waals surface area contributed by atoms with Crippen molar-refractivity contribution in [2.45, 2.75) is 32.2 Å². The third kappa shape index (κ3) is 4.10. The van der Waals surface area contributed by atoms with Crippen molar-refractivity contribution >= 4 is 17.9 Å². The molecule has 0 aromatic heterocycles. The van der Waals surface area contributed by atoms with Gasteiger partial charge in [0.25, 0.3) is 0 Å². The van der Waals surface area contributed by atoms with Gasteiger partial charge in [-0.25, -0.2) is 0 Å². The molecular formula is C20H27N3O2. The second kappa shape index (κ2) is 7.40. The summed E-state index contributed by atoms with van der Waals surface area (Å²) in [4.78, 5) is 28.2. The summed E-state index contributed by atoms with van der Waals surface area (Å²) in [6, 6.07) is 9.66. The molecule has 25 heavy (non-hydrogen) atoms. The van der Waals surface area contributed by atoms with Crippen LogP contribution in [-0.4, -0.2) is 53.8 Å². The molecule has 0 radical (unpaired) electrons. The van der Waals surface area contributed by atoms with Crippen LogP contribution in [0.2, 0.25) is 0 Å². The minimum atomic E-state index is -0.445. The number of piperidine rings is 1. The third-order valence-corrected chi connectivity index (χ3v) is 5.37. The molecule has 2 heterocycles. The minimum absolute atomic E-state index is 0.0156. The molecular weight excluding hydrogens is 314 g/mol. The van der Waals surface area contributed by atoms with E-state index in [0.717, 1.165) is 24.9 Å². The van der Waals surface area contributed by atoms with Gasteiger partial charge in [0.05, 0.1) is 6.04 Å². The summed E-state index contributed by atoms with van der Waals surface area (Å²) in [6.07, 6.45) is 6.49. The normalized spacial score (nSPS) is 21.3. The largest absolute Gasteiger partial charge is 0.341 e. The average molecular weight is 341 g/mol. The number of nitrogens with zero attached hydrogens (tertiary/aromatic N) is 2. The maximum Gasteiger partial charge on any atom is 0.239 e. The molecule has 0 bridgehead atoms. The number of nitrogens with two attached hydrogens (primary N) is 1.